The van der Waals surface area contributed by atoms with Gasteiger partial charge in [-0.05, 0) is 23.3 Å². The van der Waals surface area contributed by atoms with Gasteiger partial charge < -0.3 is 4.98 Å². The summed E-state index contributed by atoms with van der Waals surface area (Å²) in [5.74, 6) is 0. The van der Waals surface area contributed by atoms with Crippen molar-refractivity contribution in [3.8, 4) is 33.5 Å². The lowest BCUT2D eigenvalue weighted by atomic mass is 9.96. The zero-order valence-corrected chi connectivity index (χ0v) is 16.8. The van der Waals surface area contributed by atoms with Gasteiger partial charge in [0.1, 0.15) is 0 Å². The molecule has 5 aromatic rings. The molecule has 1 radical (unpaired) electrons. The van der Waals surface area contributed by atoms with Crippen molar-refractivity contribution in [2.24, 2.45) is 0 Å². The van der Waals surface area contributed by atoms with E-state index in [2.05, 4.69) is 11.1 Å². The maximum absolute atomic E-state index is 12.8. The minimum atomic E-state index is -0.440. The van der Waals surface area contributed by atoms with Crippen LogP contribution in [0.1, 0.15) is 0 Å². The number of pyridine rings is 2. The monoisotopic (exact) mass is 418 g/mol. The number of nitro benzene ring substituents is 1. The van der Waals surface area contributed by atoms with E-state index in [4.69, 9.17) is 4.98 Å². The minimum Gasteiger partial charge on any atom is -0.328 e. The van der Waals surface area contributed by atoms with Crippen LogP contribution in [0.15, 0.2) is 95.9 Å². The first-order valence-corrected chi connectivity index (χ1v) is 9.95. The molecule has 6 heteroatoms. The number of fused-ring (bicyclic) bond motifs is 1. The Kier molecular flexibility index (Phi) is 4.80. The van der Waals surface area contributed by atoms with Gasteiger partial charge in [-0.15, -0.1) is 0 Å². The second-order valence-corrected chi connectivity index (χ2v) is 7.27. The van der Waals surface area contributed by atoms with Gasteiger partial charge in [0.05, 0.1) is 21.5 Å². The molecule has 0 bridgehead atoms. The van der Waals surface area contributed by atoms with Crippen molar-refractivity contribution in [1.29, 1.82) is 0 Å². The van der Waals surface area contributed by atoms with Gasteiger partial charge in [-0.2, -0.15) is 0 Å². The highest BCUT2D eigenvalue weighted by Gasteiger charge is 2.17. The number of benzene rings is 3. The Bertz CT molecular complexity index is 1510. The molecule has 0 unspecified atom stereocenters. The standard InChI is InChI=1S/C26H16N3O3/c30-26-22-15-21(17-8-3-1-4-9-17)24(18-10-5-2-6-11-18)28-25(22)23(16-27-26)19-12-7-13-20(14-19)29(31)32/h1,3-16H,(H,27,30). The molecule has 0 amide bonds. The molecule has 2 aromatic heterocycles. The van der Waals surface area contributed by atoms with Gasteiger partial charge in [-0.1, -0.05) is 66.7 Å². The first-order valence-electron chi connectivity index (χ1n) is 9.95. The van der Waals surface area contributed by atoms with Gasteiger partial charge >= 0.3 is 0 Å². The summed E-state index contributed by atoms with van der Waals surface area (Å²) in [5.41, 5.74) is 4.77. The third kappa shape index (κ3) is 3.44. The predicted octanol–water partition coefficient (Wildman–Crippen LogP) is 5.63. The van der Waals surface area contributed by atoms with Gasteiger partial charge in [0.15, 0.2) is 0 Å². The van der Waals surface area contributed by atoms with E-state index >= 15 is 0 Å². The molecule has 32 heavy (non-hydrogen) atoms. The number of H-pyrrole nitrogens is 1. The first kappa shape index (κ1) is 19.4. The fraction of sp³-hybridized carbons (Fsp3) is 0. The van der Waals surface area contributed by atoms with Crippen LogP contribution in [0.2, 0.25) is 0 Å². The highest BCUT2D eigenvalue weighted by molar-refractivity contribution is 5.98. The Hall–Kier alpha value is -4.58. The molecular formula is C26H16N3O3. The Morgan fingerprint density at radius 1 is 0.844 bits per heavy atom. The van der Waals surface area contributed by atoms with Crippen molar-refractivity contribution in [1.82, 2.24) is 9.97 Å². The van der Waals surface area contributed by atoms with Gasteiger partial charge in [0.2, 0.25) is 0 Å². The smallest absolute Gasteiger partial charge is 0.270 e. The lowest BCUT2D eigenvalue weighted by molar-refractivity contribution is -0.384. The van der Waals surface area contributed by atoms with Crippen LogP contribution < -0.4 is 5.56 Å². The number of nitrogens with one attached hydrogen (secondary N) is 1. The number of nitrogens with zero attached hydrogens (tertiary/aromatic N) is 2. The highest BCUT2D eigenvalue weighted by atomic mass is 16.6. The van der Waals surface area contributed by atoms with Crippen molar-refractivity contribution in [3.63, 3.8) is 0 Å². The van der Waals surface area contributed by atoms with E-state index in [-0.39, 0.29) is 11.2 Å². The lowest BCUT2D eigenvalue weighted by Crippen LogP contribution is -2.08. The van der Waals surface area contributed by atoms with E-state index in [1.807, 2.05) is 60.7 Å². The topological polar surface area (TPSA) is 88.9 Å². The molecule has 6 nitrogen and oxygen atoms in total. The zero-order chi connectivity index (χ0) is 22.1. The number of rotatable bonds is 4. The SMILES string of the molecule is O=c1[nH]cc(-c2cccc([N+](=O)[O-])c2)c2nc(-c3cc[c]cc3)c(-c3ccccc3)cc12. The maximum Gasteiger partial charge on any atom is 0.270 e. The Labute approximate surface area is 183 Å². The van der Waals surface area contributed by atoms with Gasteiger partial charge in [-0.3, -0.25) is 14.9 Å². The number of aromatic amines is 1. The molecule has 153 valence electrons. The summed E-state index contributed by atoms with van der Waals surface area (Å²) in [6.07, 6.45) is 1.56. The number of aromatic nitrogens is 2. The maximum atomic E-state index is 12.8. The number of hydrogen-bond acceptors (Lipinski definition) is 4. The summed E-state index contributed by atoms with van der Waals surface area (Å²) in [4.78, 5) is 31.3. The summed E-state index contributed by atoms with van der Waals surface area (Å²) >= 11 is 0. The molecule has 0 aliphatic rings. The third-order valence-electron chi connectivity index (χ3n) is 5.31. The van der Waals surface area contributed by atoms with Crippen LogP contribution >= 0.6 is 0 Å². The number of nitro groups is 1. The Morgan fingerprint density at radius 3 is 2.34 bits per heavy atom. The lowest BCUT2D eigenvalue weighted by Gasteiger charge is -2.13. The Morgan fingerprint density at radius 2 is 1.59 bits per heavy atom. The summed E-state index contributed by atoms with van der Waals surface area (Å²) in [6.45, 7) is 0. The van der Waals surface area contributed by atoms with E-state index in [9.17, 15) is 14.9 Å². The summed E-state index contributed by atoms with van der Waals surface area (Å²) in [5, 5.41) is 11.7. The fourth-order valence-corrected chi connectivity index (χ4v) is 3.79. The molecule has 0 aliphatic heterocycles. The minimum absolute atomic E-state index is 0.0263. The van der Waals surface area contributed by atoms with Crippen molar-refractivity contribution < 1.29 is 4.92 Å². The fourth-order valence-electron chi connectivity index (χ4n) is 3.79. The highest BCUT2D eigenvalue weighted by Crippen LogP contribution is 2.35. The molecule has 0 fully saturated rings. The molecular weight excluding hydrogens is 402 g/mol. The number of hydrogen-bond donors (Lipinski definition) is 1. The summed E-state index contributed by atoms with van der Waals surface area (Å²) in [7, 11) is 0. The van der Waals surface area contributed by atoms with Crippen LogP contribution in [0.3, 0.4) is 0 Å². The molecule has 5 rings (SSSR count). The van der Waals surface area contributed by atoms with E-state index < -0.39 is 4.92 Å². The molecule has 0 spiro atoms. The average molecular weight is 418 g/mol. The molecule has 0 atom stereocenters. The normalized spacial score (nSPS) is 10.9. The summed E-state index contributed by atoms with van der Waals surface area (Å²) in [6, 6.07) is 28.4. The molecule has 0 saturated heterocycles. The zero-order valence-electron chi connectivity index (χ0n) is 16.8. The van der Waals surface area contributed by atoms with Crippen LogP contribution in [0.5, 0.6) is 0 Å². The van der Waals surface area contributed by atoms with E-state index in [1.54, 1.807) is 18.3 Å². The van der Waals surface area contributed by atoms with Crippen molar-refractivity contribution in [2.75, 3.05) is 0 Å². The third-order valence-corrected chi connectivity index (χ3v) is 5.31. The van der Waals surface area contributed by atoms with Crippen molar-refractivity contribution in [3.05, 3.63) is 118 Å². The second-order valence-electron chi connectivity index (χ2n) is 7.27. The first-order chi connectivity index (χ1) is 15.6. The molecule has 1 N–H and O–H groups in total. The quantitative estimate of drug-likeness (QED) is 0.302. The second kappa shape index (κ2) is 7.92. The molecule has 2 heterocycles. The largest absolute Gasteiger partial charge is 0.328 e. The molecule has 0 aliphatic carbocycles. The number of non-ortho nitro benzene ring substituents is 1. The molecule has 3 aromatic carbocycles. The van der Waals surface area contributed by atoms with E-state index in [0.717, 1.165) is 22.4 Å². The molecule has 0 saturated carbocycles. The van der Waals surface area contributed by atoms with Crippen LogP contribution in [-0.2, 0) is 0 Å². The van der Waals surface area contributed by atoms with Gasteiger partial charge in [-0.25, -0.2) is 4.98 Å². The van der Waals surface area contributed by atoms with Crippen LogP contribution in [-0.4, -0.2) is 14.9 Å². The average Bonchev–Trinajstić information content (AvgIpc) is 2.85. The van der Waals surface area contributed by atoms with Gasteiger partial charge in [0.25, 0.3) is 11.2 Å². The van der Waals surface area contributed by atoms with Crippen LogP contribution in [0, 0.1) is 16.2 Å². The van der Waals surface area contributed by atoms with Crippen LogP contribution in [0.25, 0.3) is 44.4 Å². The van der Waals surface area contributed by atoms with Crippen molar-refractivity contribution in [2.45, 2.75) is 0 Å². The van der Waals surface area contributed by atoms with Gasteiger partial charge in [0, 0.05) is 35.0 Å². The summed E-state index contributed by atoms with van der Waals surface area (Å²) < 4.78 is 0. The van der Waals surface area contributed by atoms with Crippen molar-refractivity contribution >= 4 is 16.6 Å². The van der Waals surface area contributed by atoms with Crippen LogP contribution in [0.4, 0.5) is 5.69 Å². The van der Waals surface area contributed by atoms with E-state index in [1.165, 1.54) is 12.1 Å². The Balaban J connectivity index is 1.85. The van der Waals surface area contributed by atoms with E-state index in [0.29, 0.717) is 22.0 Å². The predicted molar refractivity (Wildman–Crippen MR) is 124 cm³/mol.